The maximum Gasteiger partial charge on any atom is 0.414 e. The first-order valence-corrected chi connectivity index (χ1v) is 7.26. The number of methoxy groups -OCH3 is 1. The zero-order valence-electron chi connectivity index (χ0n) is 13.0. The molecule has 1 aliphatic heterocycles. The number of amides is 1. The molecule has 9 heteroatoms. The second-order valence-corrected chi connectivity index (χ2v) is 5.26. The number of carbonyl (C=O) groups excluding carboxylic acids is 1. The van der Waals surface area contributed by atoms with Gasteiger partial charge in [-0.15, -0.1) is 0 Å². The van der Waals surface area contributed by atoms with Gasteiger partial charge in [-0.2, -0.15) is 13.2 Å². The summed E-state index contributed by atoms with van der Waals surface area (Å²) in [6.45, 7) is 0.372. The largest absolute Gasteiger partial charge is 0.493 e. The van der Waals surface area contributed by atoms with Crippen molar-refractivity contribution >= 4 is 11.8 Å². The smallest absolute Gasteiger partial charge is 0.414 e. The maximum atomic E-state index is 12.2. The quantitative estimate of drug-likeness (QED) is 0.819. The molecule has 1 fully saturated rings. The van der Waals surface area contributed by atoms with Crippen molar-refractivity contribution in [3.8, 4) is 5.75 Å². The van der Waals surface area contributed by atoms with Crippen molar-refractivity contribution in [1.29, 1.82) is 0 Å². The van der Waals surface area contributed by atoms with Gasteiger partial charge < -0.3 is 19.3 Å². The van der Waals surface area contributed by atoms with Gasteiger partial charge in [0.1, 0.15) is 11.9 Å². The second-order valence-electron chi connectivity index (χ2n) is 5.26. The van der Waals surface area contributed by atoms with Crippen molar-refractivity contribution in [2.45, 2.75) is 24.8 Å². The van der Waals surface area contributed by atoms with Crippen molar-refractivity contribution in [3.05, 3.63) is 24.3 Å². The Labute approximate surface area is 136 Å². The summed E-state index contributed by atoms with van der Waals surface area (Å²) in [6.07, 6.45) is -8.44. The Morgan fingerprint density at radius 2 is 2.04 bits per heavy atom. The Hall–Kier alpha value is -2.00. The summed E-state index contributed by atoms with van der Waals surface area (Å²) < 4.78 is 51.7. The zero-order valence-corrected chi connectivity index (χ0v) is 13.0. The first-order chi connectivity index (χ1) is 11.3. The number of aliphatic hydroxyl groups is 1. The van der Waals surface area contributed by atoms with E-state index in [1.165, 1.54) is 24.1 Å². The van der Waals surface area contributed by atoms with Crippen LogP contribution >= 0.6 is 0 Å². The Morgan fingerprint density at radius 3 is 2.62 bits per heavy atom. The summed E-state index contributed by atoms with van der Waals surface area (Å²) in [5, 5.41) is 8.88. The summed E-state index contributed by atoms with van der Waals surface area (Å²) in [5.41, 5.74) is 0.585. The Balaban J connectivity index is 1.86. The van der Waals surface area contributed by atoms with Crippen LogP contribution in [0.15, 0.2) is 24.3 Å². The molecule has 1 aromatic carbocycles. The Bertz CT molecular complexity index is 549. The number of carbonyl (C=O) groups is 1. The van der Waals surface area contributed by atoms with Gasteiger partial charge in [-0.3, -0.25) is 4.90 Å². The average molecular weight is 348 g/mol. The van der Waals surface area contributed by atoms with Gasteiger partial charge in [0.15, 0.2) is 6.10 Å². The van der Waals surface area contributed by atoms with E-state index in [2.05, 4.69) is 0 Å². The molecule has 0 saturated carbocycles. The van der Waals surface area contributed by atoms with Crippen molar-refractivity contribution in [1.82, 2.24) is 0 Å². The summed E-state index contributed by atoms with van der Waals surface area (Å²) in [4.78, 5) is 13.2. The van der Waals surface area contributed by atoms with Gasteiger partial charge >= 0.3 is 12.3 Å². The second kappa shape index (κ2) is 7.71. The molecule has 0 aliphatic carbocycles. The van der Waals surface area contributed by atoms with Crippen LogP contribution in [0.2, 0.25) is 0 Å². The third-order valence-corrected chi connectivity index (χ3v) is 3.41. The predicted octanol–water partition coefficient (Wildman–Crippen LogP) is 2.35. The van der Waals surface area contributed by atoms with Gasteiger partial charge in [0.2, 0.25) is 0 Å². The van der Waals surface area contributed by atoms with E-state index in [-0.39, 0.29) is 12.7 Å². The number of benzene rings is 1. The van der Waals surface area contributed by atoms with Crippen molar-refractivity contribution in [3.63, 3.8) is 0 Å². The Kier molecular flexibility index (Phi) is 5.89. The SMILES string of the molecule is COC[C@H]1CN(c2ccc(OCC[C@@H](O)C(F)(F)F)cc2)[11C](=O)O1. The van der Waals surface area contributed by atoms with Crippen LogP contribution in [-0.2, 0) is 9.47 Å². The molecule has 1 heterocycles. The predicted molar refractivity (Wildman–Crippen MR) is 78.1 cm³/mol. The minimum Gasteiger partial charge on any atom is -0.493 e. The fourth-order valence-electron chi connectivity index (χ4n) is 2.18. The van der Waals surface area contributed by atoms with E-state index in [4.69, 9.17) is 19.3 Å². The van der Waals surface area contributed by atoms with E-state index in [1.54, 1.807) is 12.1 Å². The van der Waals surface area contributed by atoms with Crippen LogP contribution in [-0.4, -0.2) is 56.5 Å². The molecule has 6 nitrogen and oxygen atoms in total. The van der Waals surface area contributed by atoms with Gasteiger partial charge in [-0.1, -0.05) is 0 Å². The highest BCUT2D eigenvalue weighted by Crippen LogP contribution is 2.25. The highest BCUT2D eigenvalue weighted by atomic mass is 19.4. The number of rotatable bonds is 7. The van der Waals surface area contributed by atoms with E-state index in [0.29, 0.717) is 24.6 Å². The molecule has 24 heavy (non-hydrogen) atoms. The van der Waals surface area contributed by atoms with Crippen LogP contribution in [0, 0.1) is 0 Å². The van der Waals surface area contributed by atoms with Crippen molar-refractivity contribution in [2.75, 3.05) is 31.8 Å². The van der Waals surface area contributed by atoms with E-state index in [9.17, 15) is 18.0 Å². The summed E-state index contributed by atoms with van der Waals surface area (Å²) in [5.74, 6) is 0.342. The fourth-order valence-corrected chi connectivity index (χ4v) is 2.18. The van der Waals surface area contributed by atoms with E-state index in [0.717, 1.165) is 0 Å². The molecule has 1 amide bonds. The van der Waals surface area contributed by atoms with Crippen LogP contribution in [0.4, 0.5) is 23.7 Å². The number of alkyl halides is 3. The highest BCUT2D eigenvalue weighted by Gasteiger charge is 2.37. The molecule has 1 aromatic rings. The lowest BCUT2D eigenvalue weighted by atomic mass is 10.2. The van der Waals surface area contributed by atoms with Crippen LogP contribution in [0.1, 0.15) is 6.42 Å². The standard InChI is InChI=1S/C15H18F3NO5/c1-22-9-12-8-19(14(21)24-12)10-2-4-11(5-3-10)23-7-6-13(20)15(16,17)18/h2-5,12-13,20H,6-9H2,1H3/t12-,13-/m1/s1/i14-1. The van der Waals surface area contributed by atoms with Gasteiger partial charge in [0, 0.05) is 19.2 Å². The first kappa shape index (κ1) is 18.3. The topological polar surface area (TPSA) is 68.2 Å². The molecule has 0 unspecified atom stereocenters. The molecule has 2 atom stereocenters. The lowest BCUT2D eigenvalue weighted by molar-refractivity contribution is -0.206. The summed E-state index contributed by atoms with van der Waals surface area (Å²) in [6, 6.07) is 6.27. The summed E-state index contributed by atoms with van der Waals surface area (Å²) in [7, 11) is 1.51. The zero-order chi connectivity index (χ0) is 17.7. The minimum atomic E-state index is -4.65. The number of anilines is 1. The number of ether oxygens (including phenoxy) is 3. The average Bonchev–Trinajstić information content (AvgIpc) is 2.88. The molecule has 1 saturated heterocycles. The summed E-state index contributed by atoms with van der Waals surface area (Å²) >= 11 is 0. The normalized spacial score (nSPS) is 19.3. The molecule has 0 bridgehead atoms. The van der Waals surface area contributed by atoms with Gasteiger partial charge in [0.25, 0.3) is 0 Å². The lowest BCUT2D eigenvalue weighted by Gasteiger charge is -2.16. The monoisotopic (exact) mass is 348 g/mol. The Morgan fingerprint density at radius 1 is 1.38 bits per heavy atom. The third-order valence-electron chi connectivity index (χ3n) is 3.41. The number of cyclic esters (lactones) is 1. The van der Waals surface area contributed by atoms with Crippen LogP contribution < -0.4 is 9.64 Å². The van der Waals surface area contributed by atoms with Crippen LogP contribution in [0.25, 0.3) is 0 Å². The molecule has 0 radical (unpaired) electrons. The molecular weight excluding hydrogens is 330 g/mol. The molecule has 134 valence electrons. The van der Waals surface area contributed by atoms with Gasteiger partial charge in [0.05, 0.1) is 19.8 Å². The van der Waals surface area contributed by atoms with Gasteiger partial charge in [-0.05, 0) is 24.3 Å². The number of hydrogen-bond acceptors (Lipinski definition) is 5. The van der Waals surface area contributed by atoms with Crippen LogP contribution in [0.5, 0.6) is 5.75 Å². The number of aliphatic hydroxyl groups excluding tert-OH is 1. The molecule has 0 spiro atoms. The maximum absolute atomic E-state index is 12.2. The van der Waals surface area contributed by atoms with E-state index < -0.39 is 24.8 Å². The lowest BCUT2D eigenvalue weighted by Crippen LogP contribution is -2.30. The third kappa shape index (κ3) is 4.75. The first-order valence-electron chi connectivity index (χ1n) is 7.26. The molecule has 2 rings (SSSR count). The minimum absolute atomic E-state index is 0.276. The number of nitrogens with zero attached hydrogens (tertiary/aromatic N) is 1. The molecule has 0 aromatic heterocycles. The van der Waals surface area contributed by atoms with Crippen molar-refractivity contribution in [2.24, 2.45) is 0 Å². The van der Waals surface area contributed by atoms with Crippen molar-refractivity contribution < 1.29 is 37.3 Å². The van der Waals surface area contributed by atoms with E-state index in [1.807, 2.05) is 0 Å². The molecule has 1 N–H and O–H groups in total. The number of halogens is 3. The number of hydrogen-bond donors (Lipinski definition) is 1. The van der Waals surface area contributed by atoms with E-state index >= 15 is 0 Å². The highest BCUT2D eigenvalue weighted by molar-refractivity contribution is 5.89. The van der Waals surface area contributed by atoms with Crippen LogP contribution in [0.3, 0.4) is 0 Å². The molecular formula is C15H18F3NO5. The van der Waals surface area contributed by atoms with Gasteiger partial charge in [-0.25, -0.2) is 4.79 Å². The molecule has 1 aliphatic rings. The fraction of sp³-hybridized carbons (Fsp3) is 0.533.